The summed E-state index contributed by atoms with van der Waals surface area (Å²) in [5.74, 6) is 0.209. The lowest BCUT2D eigenvalue weighted by Crippen LogP contribution is -2.36. The van der Waals surface area contributed by atoms with Crippen molar-refractivity contribution in [1.29, 1.82) is 0 Å². The van der Waals surface area contributed by atoms with Crippen LogP contribution in [0.1, 0.15) is 19.3 Å². The third-order valence-electron chi connectivity index (χ3n) is 3.24. The second kappa shape index (κ2) is 4.94. The number of hydrogen-bond donors (Lipinski definition) is 1. The summed E-state index contributed by atoms with van der Waals surface area (Å²) in [5.41, 5.74) is 0. The second-order valence-electron chi connectivity index (χ2n) is 4.44. The lowest BCUT2D eigenvalue weighted by atomic mass is 9.91. The molecule has 1 aliphatic carbocycles. The number of hydrogen-bond acceptors (Lipinski definition) is 4. The number of nitrogens with one attached hydrogen (secondary N) is 1. The molecule has 0 aromatic carbocycles. The standard InChI is InChI=1S/C11H19NO3/c1-14-11(13)10(6-12-9-2-3-9)8-4-5-15-7-8/h8-10,12H,2-7H2,1H3. The maximum Gasteiger partial charge on any atom is 0.310 e. The fourth-order valence-electron chi connectivity index (χ4n) is 2.05. The monoisotopic (exact) mass is 213 g/mol. The van der Waals surface area contributed by atoms with E-state index in [1.807, 2.05) is 0 Å². The highest BCUT2D eigenvalue weighted by Gasteiger charge is 2.33. The van der Waals surface area contributed by atoms with Crippen molar-refractivity contribution in [2.45, 2.75) is 25.3 Å². The van der Waals surface area contributed by atoms with Gasteiger partial charge < -0.3 is 14.8 Å². The van der Waals surface area contributed by atoms with E-state index in [0.717, 1.165) is 19.6 Å². The molecule has 0 aromatic rings. The van der Waals surface area contributed by atoms with Crippen LogP contribution in [0.3, 0.4) is 0 Å². The summed E-state index contributed by atoms with van der Waals surface area (Å²) in [7, 11) is 1.46. The van der Waals surface area contributed by atoms with Gasteiger partial charge in [0.25, 0.3) is 0 Å². The number of ether oxygens (including phenoxy) is 2. The summed E-state index contributed by atoms with van der Waals surface area (Å²) in [6, 6.07) is 0.638. The van der Waals surface area contributed by atoms with Gasteiger partial charge in [0.1, 0.15) is 0 Å². The highest BCUT2D eigenvalue weighted by molar-refractivity contribution is 5.73. The molecular formula is C11H19NO3. The number of carbonyl (C=O) groups excluding carboxylic acids is 1. The van der Waals surface area contributed by atoms with E-state index in [9.17, 15) is 4.79 Å². The lowest BCUT2D eigenvalue weighted by Gasteiger charge is -2.20. The molecule has 1 saturated heterocycles. The zero-order valence-corrected chi connectivity index (χ0v) is 9.20. The van der Waals surface area contributed by atoms with Gasteiger partial charge in [0, 0.05) is 19.2 Å². The summed E-state index contributed by atoms with van der Waals surface area (Å²) >= 11 is 0. The van der Waals surface area contributed by atoms with E-state index in [-0.39, 0.29) is 11.9 Å². The number of esters is 1. The number of carbonyl (C=O) groups is 1. The van der Waals surface area contributed by atoms with Crippen LogP contribution in [0.4, 0.5) is 0 Å². The molecule has 2 aliphatic rings. The summed E-state index contributed by atoms with van der Waals surface area (Å²) in [6.07, 6.45) is 3.47. The Kier molecular flexibility index (Phi) is 3.59. The Bertz CT molecular complexity index is 222. The molecule has 0 aromatic heterocycles. The highest BCUT2D eigenvalue weighted by Crippen LogP contribution is 2.25. The summed E-state index contributed by atoms with van der Waals surface area (Å²) in [5, 5.41) is 3.39. The van der Waals surface area contributed by atoms with Crippen molar-refractivity contribution in [1.82, 2.24) is 5.32 Å². The maximum atomic E-state index is 11.6. The van der Waals surface area contributed by atoms with Crippen molar-refractivity contribution < 1.29 is 14.3 Å². The molecule has 86 valence electrons. The molecule has 2 rings (SSSR count). The van der Waals surface area contributed by atoms with Crippen LogP contribution in [0.25, 0.3) is 0 Å². The van der Waals surface area contributed by atoms with Gasteiger partial charge in [0.15, 0.2) is 0 Å². The van der Waals surface area contributed by atoms with Crippen LogP contribution < -0.4 is 5.32 Å². The van der Waals surface area contributed by atoms with Gasteiger partial charge in [-0.15, -0.1) is 0 Å². The first-order valence-corrected chi connectivity index (χ1v) is 5.70. The van der Waals surface area contributed by atoms with Gasteiger partial charge in [-0.05, 0) is 25.2 Å². The smallest absolute Gasteiger partial charge is 0.310 e. The number of rotatable bonds is 5. The lowest BCUT2D eigenvalue weighted by molar-refractivity contribution is -0.147. The fraction of sp³-hybridized carbons (Fsp3) is 0.909. The molecule has 4 heteroatoms. The minimum absolute atomic E-state index is 0.0295. The van der Waals surface area contributed by atoms with Crippen LogP contribution in [0.5, 0.6) is 0 Å². The van der Waals surface area contributed by atoms with Gasteiger partial charge in [-0.25, -0.2) is 0 Å². The van der Waals surface area contributed by atoms with E-state index >= 15 is 0 Å². The molecule has 2 atom stereocenters. The molecule has 0 radical (unpaired) electrons. The Hall–Kier alpha value is -0.610. The molecule has 1 saturated carbocycles. The molecule has 2 unspecified atom stereocenters. The van der Waals surface area contributed by atoms with Crippen LogP contribution in [-0.2, 0) is 14.3 Å². The minimum Gasteiger partial charge on any atom is -0.469 e. The third kappa shape index (κ3) is 2.92. The zero-order chi connectivity index (χ0) is 10.7. The third-order valence-corrected chi connectivity index (χ3v) is 3.24. The molecule has 4 nitrogen and oxygen atoms in total. The molecule has 0 spiro atoms. The predicted octanol–water partition coefficient (Wildman–Crippen LogP) is 0.564. The second-order valence-corrected chi connectivity index (χ2v) is 4.44. The van der Waals surface area contributed by atoms with Crippen molar-refractivity contribution in [2.24, 2.45) is 11.8 Å². The van der Waals surface area contributed by atoms with E-state index < -0.39 is 0 Å². The van der Waals surface area contributed by atoms with E-state index in [2.05, 4.69) is 5.32 Å². The molecular weight excluding hydrogens is 194 g/mol. The normalized spacial score (nSPS) is 27.7. The van der Waals surface area contributed by atoms with Gasteiger partial charge in [-0.3, -0.25) is 4.79 Å². The Balaban J connectivity index is 1.84. The fourth-order valence-corrected chi connectivity index (χ4v) is 2.05. The van der Waals surface area contributed by atoms with Gasteiger partial charge in [-0.1, -0.05) is 0 Å². The molecule has 0 amide bonds. The van der Waals surface area contributed by atoms with E-state index in [1.165, 1.54) is 20.0 Å². The van der Waals surface area contributed by atoms with Crippen molar-refractivity contribution in [3.63, 3.8) is 0 Å². The van der Waals surface area contributed by atoms with Crippen molar-refractivity contribution in [2.75, 3.05) is 26.9 Å². The molecule has 1 N–H and O–H groups in total. The average molecular weight is 213 g/mol. The van der Waals surface area contributed by atoms with E-state index in [0.29, 0.717) is 18.6 Å². The summed E-state index contributed by atoms with van der Waals surface area (Å²) in [6.45, 7) is 2.22. The van der Waals surface area contributed by atoms with Gasteiger partial charge in [0.2, 0.25) is 0 Å². The van der Waals surface area contributed by atoms with Crippen LogP contribution in [0, 0.1) is 11.8 Å². The van der Waals surface area contributed by atoms with Crippen LogP contribution in [0.15, 0.2) is 0 Å². The molecule has 15 heavy (non-hydrogen) atoms. The quantitative estimate of drug-likeness (QED) is 0.678. The Labute approximate surface area is 90.3 Å². The van der Waals surface area contributed by atoms with Crippen LogP contribution >= 0.6 is 0 Å². The molecule has 1 aliphatic heterocycles. The Morgan fingerprint density at radius 1 is 1.53 bits per heavy atom. The van der Waals surface area contributed by atoms with Crippen molar-refractivity contribution in [3.05, 3.63) is 0 Å². The highest BCUT2D eigenvalue weighted by atomic mass is 16.5. The summed E-state index contributed by atoms with van der Waals surface area (Å²) < 4.78 is 10.2. The molecule has 2 fully saturated rings. The largest absolute Gasteiger partial charge is 0.469 e. The van der Waals surface area contributed by atoms with Gasteiger partial charge in [0.05, 0.1) is 19.6 Å². The van der Waals surface area contributed by atoms with Gasteiger partial charge in [-0.2, -0.15) is 0 Å². The predicted molar refractivity (Wildman–Crippen MR) is 55.5 cm³/mol. The molecule has 1 heterocycles. The van der Waals surface area contributed by atoms with Crippen LogP contribution in [-0.4, -0.2) is 38.9 Å². The first-order valence-electron chi connectivity index (χ1n) is 5.70. The maximum absolute atomic E-state index is 11.6. The average Bonchev–Trinajstić information content (AvgIpc) is 2.92. The molecule has 0 bridgehead atoms. The van der Waals surface area contributed by atoms with Gasteiger partial charge >= 0.3 is 5.97 Å². The zero-order valence-electron chi connectivity index (χ0n) is 9.20. The number of methoxy groups -OCH3 is 1. The van der Waals surface area contributed by atoms with E-state index in [4.69, 9.17) is 9.47 Å². The van der Waals surface area contributed by atoms with Crippen molar-refractivity contribution in [3.8, 4) is 0 Å². The topological polar surface area (TPSA) is 47.6 Å². The SMILES string of the molecule is COC(=O)C(CNC1CC1)C1CCOC1. The summed E-state index contributed by atoms with van der Waals surface area (Å²) in [4.78, 5) is 11.6. The van der Waals surface area contributed by atoms with Crippen molar-refractivity contribution >= 4 is 5.97 Å². The van der Waals surface area contributed by atoms with E-state index in [1.54, 1.807) is 0 Å². The Morgan fingerprint density at radius 2 is 2.33 bits per heavy atom. The van der Waals surface area contributed by atoms with Crippen LogP contribution in [0.2, 0.25) is 0 Å². The first-order chi connectivity index (χ1) is 7.31. The minimum atomic E-state index is -0.0985. The first kappa shape index (κ1) is 10.9. The Morgan fingerprint density at radius 3 is 2.87 bits per heavy atom.